The lowest BCUT2D eigenvalue weighted by molar-refractivity contribution is -0.384. The summed E-state index contributed by atoms with van der Waals surface area (Å²) in [6, 6.07) is 12.6. The zero-order chi connectivity index (χ0) is 22.2. The SMILES string of the molecule is CCNC(=NCc1ccc([N+](=O)[O-])cc1)NC1CCN(c2cc(OC)cc(OC)c2)C1.I. The number of hydrogen-bond donors (Lipinski definition) is 2. The maximum atomic E-state index is 10.8. The Labute approximate surface area is 205 Å². The number of nitrogens with zero attached hydrogens (tertiary/aromatic N) is 3. The van der Waals surface area contributed by atoms with Crippen LogP contribution in [0.25, 0.3) is 0 Å². The number of nitrogens with one attached hydrogen (secondary N) is 2. The minimum absolute atomic E-state index is 0. The van der Waals surface area contributed by atoms with E-state index in [0.29, 0.717) is 6.54 Å². The van der Waals surface area contributed by atoms with E-state index in [1.165, 1.54) is 12.1 Å². The molecule has 2 N–H and O–H groups in total. The van der Waals surface area contributed by atoms with Crippen LogP contribution in [0, 0.1) is 10.1 Å². The topological polar surface area (TPSA) is 101 Å². The van der Waals surface area contributed by atoms with Gasteiger partial charge in [0.2, 0.25) is 0 Å². The standard InChI is InChI=1S/C22H29N5O4.HI/c1-4-23-22(24-14-16-5-7-18(8-6-16)27(28)29)25-17-9-10-26(15-17)19-11-20(30-2)13-21(12-19)31-3;/h5-8,11-13,17H,4,9-10,14-15H2,1-3H3,(H2,23,24,25);1H. The third-order valence-electron chi connectivity index (χ3n) is 5.14. The summed E-state index contributed by atoms with van der Waals surface area (Å²) in [5, 5.41) is 17.6. The first-order valence-electron chi connectivity index (χ1n) is 10.3. The maximum absolute atomic E-state index is 10.8. The normalized spacial score (nSPS) is 15.7. The molecule has 0 saturated carbocycles. The Balaban J connectivity index is 0.00000363. The molecule has 0 aromatic heterocycles. The zero-order valence-electron chi connectivity index (χ0n) is 18.5. The van der Waals surface area contributed by atoms with Crippen molar-refractivity contribution in [3.63, 3.8) is 0 Å². The highest BCUT2D eigenvalue weighted by Gasteiger charge is 2.24. The molecular weight excluding hydrogens is 525 g/mol. The van der Waals surface area contributed by atoms with E-state index in [1.54, 1.807) is 26.4 Å². The van der Waals surface area contributed by atoms with Gasteiger partial charge in [-0.05, 0) is 18.9 Å². The van der Waals surface area contributed by atoms with E-state index in [4.69, 9.17) is 9.47 Å². The summed E-state index contributed by atoms with van der Waals surface area (Å²) in [5.41, 5.74) is 2.06. The summed E-state index contributed by atoms with van der Waals surface area (Å²) in [6.07, 6.45) is 0.974. The lowest BCUT2D eigenvalue weighted by Gasteiger charge is -2.21. The van der Waals surface area contributed by atoms with Gasteiger partial charge in [-0.2, -0.15) is 0 Å². The largest absolute Gasteiger partial charge is 0.497 e. The van der Waals surface area contributed by atoms with Crippen molar-refractivity contribution in [3.05, 3.63) is 58.1 Å². The minimum atomic E-state index is -0.400. The number of benzene rings is 2. The van der Waals surface area contributed by atoms with Crippen molar-refractivity contribution in [1.29, 1.82) is 0 Å². The number of nitro benzene ring substituents is 1. The Hall–Kier alpha value is -2.76. The highest BCUT2D eigenvalue weighted by Crippen LogP contribution is 2.30. The average Bonchev–Trinajstić information content (AvgIpc) is 3.26. The van der Waals surface area contributed by atoms with Gasteiger partial charge in [0.05, 0.1) is 25.7 Å². The number of aliphatic imine (C=N–C) groups is 1. The number of hydrogen-bond acceptors (Lipinski definition) is 6. The summed E-state index contributed by atoms with van der Waals surface area (Å²) in [6.45, 7) is 4.95. The van der Waals surface area contributed by atoms with Gasteiger partial charge < -0.3 is 25.0 Å². The second-order valence-corrected chi connectivity index (χ2v) is 7.27. The van der Waals surface area contributed by atoms with Crippen molar-refractivity contribution < 1.29 is 14.4 Å². The summed E-state index contributed by atoms with van der Waals surface area (Å²) >= 11 is 0. The van der Waals surface area contributed by atoms with Crippen LogP contribution >= 0.6 is 24.0 Å². The van der Waals surface area contributed by atoms with Gasteiger partial charge in [-0.3, -0.25) is 10.1 Å². The quantitative estimate of drug-likeness (QED) is 0.169. The van der Waals surface area contributed by atoms with Gasteiger partial charge in [-0.25, -0.2) is 4.99 Å². The van der Waals surface area contributed by atoms with Gasteiger partial charge in [0.25, 0.3) is 5.69 Å². The highest BCUT2D eigenvalue weighted by atomic mass is 127. The summed E-state index contributed by atoms with van der Waals surface area (Å²) in [7, 11) is 3.30. The van der Waals surface area contributed by atoms with Crippen LogP contribution in [0.3, 0.4) is 0 Å². The predicted molar refractivity (Wildman–Crippen MR) is 137 cm³/mol. The molecule has 0 amide bonds. The van der Waals surface area contributed by atoms with Crippen molar-refractivity contribution in [2.45, 2.75) is 25.9 Å². The second-order valence-electron chi connectivity index (χ2n) is 7.27. The van der Waals surface area contributed by atoms with Gasteiger partial charge in [-0.15, -0.1) is 24.0 Å². The number of rotatable bonds is 8. The van der Waals surface area contributed by atoms with E-state index in [2.05, 4.69) is 20.5 Å². The fourth-order valence-electron chi connectivity index (χ4n) is 3.49. The lowest BCUT2D eigenvalue weighted by atomic mass is 10.2. The van der Waals surface area contributed by atoms with Crippen molar-refractivity contribution in [2.24, 2.45) is 4.99 Å². The Morgan fingerprint density at radius 1 is 1.19 bits per heavy atom. The van der Waals surface area contributed by atoms with Gasteiger partial charge in [-0.1, -0.05) is 12.1 Å². The predicted octanol–water partition coefficient (Wildman–Crippen LogP) is 3.56. The second kappa shape index (κ2) is 12.3. The molecule has 1 aliphatic heterocycles. The molecule has 174 valence electrons. The summed E-state index contributed by atoms with van der Waals surface area (Å²) in [5.74, 6) is 2.27. The fourth-order valence-corrected chi connectivity index (χ4v) is 3.49. The van der Waals surface area contributed by atoms with E-state index < -0.39 is 4.92 Å². The van der Waals surface area contributed by atoms with E-state index in [1.807, 2.05) is 25.1 Å². The Morgan fingerprint density at radius 2 is 1.84 bits per heavy atom. The molecule has 1 heterocycles. The first kappa shape index (κ1) is 25.5. The summed E-state index contributed by atoms with van der Waals surface area (Å²) in [4.78, 5) is 17.3. The molecule has 1 aliphatic rings. The molecule has 1 saturated heterocycles. The van der Waals surface area contributed by atoms with E-state index >= 15 is 0 Å². The molecular formula is C22H30IN5O4. The first-order valence-corrected chi connectivity index (χ1v) is 10.3. The maximum Gasteiger partial charge on any atom is 0.269 e. The molecule has 32 heavy (non-hydrogen) atoms. The number of nitro groups is 1. The van der Waals surface area contributed by atoms with Crippen LogP contribution in [0.1, 0.15) is 18.9 Å². The van der Waals surface area contributed by atoms with Crippen LogP contribution in [0.15, 0.2) is 47.5 Å². The van der Waals surface area contributed by atoms with Crippen molar-refractivity contribution >= 4 is 41.3 Å². The third kappa shape index (κ3) is 6.87. The number of guanidine groups is 1. The van der Waals surface area contributed by atoms with Crippen LogP contribution in [0.5, 0.6) is 11.5 Å². The van der Waals surface area contributed by atoms with Gasteiger partial charge in [0.1, 0.15) is 11.5 Å². The Bertz CT molecular complexity index is 901. The van der Waals surface area contributed by atoms with E-state index in [-0.39, 0.29) is 35.7 Å². The number of anilines is 1. The fraction of sp³-hybridized carbons (Fsp3) is 0.409. The third-order valence-corrected chi connectivity index (χ3v) is 5.14. The number of methoxy groups -OCH3 is 2. The van der Waals surface area contributed by atoms with Crippen LogP contribution in [-0.2, 0) is 6.54 Å². The monoisotopic (exact) mass is 555 g/mol. The molecule has 0 bridgehead atoms. The van der Waals surface area contributed by atoms with Crippen LogP contribution in [0.2, 0.25) is 0 Å². The molecule has 1 fully saturated rings. The van der Waals surface area contributed by atoms with Crippen molar-refractivity contribution in [2.75, 3.05) is 38.8 Å². The molecule has 1 atom stereocenters. The average molecular weight is 555 g/mol. The van der Waals surface area contributed by atoms with E-state index in [0.717, 1.165) is 54.8 Å². The number of halogens is 1. The lowest BCUT2D eigenvalue weighted by Crippen LogP contribution is -2.44. The smallest absolute Gasteiger partial charge is 0.269 e. The van der Waals surface area contributed by atoms with Crippen molar-refractivity contribution in [1.82, 2.24) is 10.6 Å². The van der Waals surface area contributed by atoms with Crippen LogP contribution in [0.4, 0.5) is 11.4 Å². The molecule has 0 spiro atoms. The molecule has 3 rings (SSSR count). The Kier molecular flexibility index (Phi) is 9.82. The van der Waals surface area contributed by atoms with Gasteiger partial charge in [0.15, 0.2) is 5.96 Å². The van der Waals surface area contributed by atoms with Gasteiger partial charge in [0, 0.05) is 61.7 Å². The van der Waals surface area contributed by atoms with Crippen molar-refractivity contribution in [3.8, 4) is 11.5 Å². The first-order chi connectivity index (χ1) is 15.0. The molecule has 10 heteroatoms. The van der Waals surface area contributed by atoms with Crippen LogP contribution < -0.4 is 25.0 Å². The van der Waals surface area contributed by atoms with E-state index in [9.17, 15) is 10.1 Å². The number of ether oxygens (including phenoxy) is 2. The molecule has 0 radical (unpaired) electrons. The minimum Gasteiger partial charge on any atom is -0.497 e. The number of non-ortho nitro benzene ring substituents is 1. The zero-order valence-corrected chi connectivity index (χ0v) is 20.9. The van der Waals surface area contributed by atoms with Crippen LogP contribution in [-0.4, -0.2) is 50.8 Å². The summed E-state index contributed by atoms with van der Waals surface area (Å²) < 4.78 is 10.8. The molecule has 2 aromatic carbocycles. The van der Waals surface area contributed by atoms with Gasteiger partial charge >= 0.3 is 0 Å². The molecule has 2 aromatic rings. The molecule has 9 nitrogen and oxygen atoms in total. The Morgan fingerprint density at radius 3 is 2.41 bits per heavy atom. The molecule has 0 aliphatic carbocycles. The molecule has 1 unspecified atom stereocenters. The highest BCUT2D eigenvalue weighted by molar-refractivity contribution is 14.0.